The zero-order valence-corrected chi connectivity index (χ0v) is 14.9. The van der Waals surface area contributed by atoms with E-state index in [0.717, 1.165) is 36.3 Å². The smallest absolute Gasteiger partial charge is 0.315 e. The van der Waals surface area contributed by atoms with Gasteiger partial charge in [0.2, 0.25) is 0 Å². The van der Waals surface area contributed by atoms with Crippen LogP contribution in [0.25, 0.3) is 0 Å². The van der Waals surface area contributed by atoms with Crippen molar-refractivity contribution in [2.24, 2.45) is 0 Å². The maximum Gasteiger partial charge on any atom is 0.315 e. The molecule has 0 fully saturated rings. The van der Waals surface area contributed by atoms with Crippen molar-refractivity contribution in [3.8, 4) is 11.5 Å². The van der Waals surface area contributed by atoms with Crippen molar-refractivity contribution in [3.05, 3.63) is 23.8 Å². The van der Waals surface area contributed by atoms with Gasteiger partial charge in [-0.1, -0.05) is 38.7 Å². The molecule has 0 bridgehead atoms. The molecule has 134 valence electrons. The molecule has 2 N–H and O–H groups in total. The number of benzene rings is 1. The third-order valence-corrected chi connectivity index (χ3v) is 4.13. The van der Waals surface area contributed by atoms with Crippen LogP contribution in [-0.2, 0) is 6.54 Å². The van der Waals surface area contributed by atoms with E-state index in [1.165, 1.54) is 19.3 Å². The van der Waals surface area contributed by atoms with Gasteiger partial charge in [-0.05, 0) is 31.0 Å². The molecule has 2 rings (SSSR count). The molecular formula is C19H30N2O3. The normalized spacial score (nSPS) is 14.6. The number of carbonyl (C=O) groups excluding carboxylic acids is 1. The molecule has 24 heavy (non-hydrogen) atoms. The molecular weight excluding hydrogens is 304 g/mol. The lowest BCUT2D eigenvalue weighted by atomic mass is 10.1. The number of hydrogen-bond acceptors (Lipinski definition) is 3. The molecule has 5 nitrogen and oxygen atoms in total. The zero-order valence-electron chi connectivity index (χ0n) is 14.9. The second-order valence-corrected chi connectivity index (χ2v) is 6.41. The van der Waals surface area contributed by atoms with E-state index >= 15 is 0 Å². The van der Waals surface area contributed by atoms with Gasteiger partial charge in [0.15, 0.2) is 11.5 Å². The minimum atomic E-state index is -0.120. The minimum Gasteiger partial charge on any atom is -0.490 e. The number of unbranched alkanes of at least 4 members (excludes halogenated alkanes) is 3. The quantitative estimate of drug-likeness (QED) is 0.706. The Balaban J connectivity index is 1.72. The van der Waals surface area contributed by atoms with Crippen molar-refractivity contribution in [2.45, 2.75) is 65.0 Å². The van der Waals surface area contributed by atoms with E-state index in [-0.39, 0.29) is 12.1 Å². The van der Waals surface area contributed by atoms with Gasteiger partial charge in [0.05, 0.1) is 13.2 Å². The van der Waals surface area contributed by atoms with E-state index < -0.39 is 0 Å². The first-order valence-electron chi connectivity index (χ1n) is 9.12. The van der Waals surface area contributed by atoms with Gasteiger partial charge in [-0.2, -0.15) is 0 Å². The molecule has 1 aromatic rings. The molecule has 1 aliphatic heterocycles. The molecule has 5 heteroatoms. The van der Waals surface area contributed by atoms with E-state index in [9.17, 15) is 4.79 Å². The van der Waals surface area contributed by atoms with Gasteiger partial charge < -0.3 is 20.1 Å². The molecule has 0 radical (unpaired) electrons. The van der Waals surface area contributed by atoms with Gasteiger partial charge >= 0.3 is 6.03 Å². The fourth-order valence-electron chi connectivity index (χ4n) is 2.72. The lowest BCUT2D eigenvalue weighted by Crippen LogP contribution is -2.40. The summed E-state index contributed by atoms with van der Waals surface area (Å²) in [6.07, 6.45) is 6.82. The summed E-state index contributed by atoms with van der Waals surface area (Å²) < 4.78 is 11.3. The van der Waals surface area contributed by atoms with Gasteiger partial charge in [-0.25, -0.2) is 4.79 Å². The van der Waals surface area contributed by atoms with Gasteiger partial charge in [0, 0.05) is 19.0 Å². The first-order valence-corrected chi connectivity index (χ1v) is 9.12. The highest BCUT2D eigenvalue weighted by molar-refractivity contribution is 5.74. The zero-order chi connectivity index (χ0) is 17.2. The molecule has 0 aliphatic carbocycles. The van der Waals surface area contributed by atoms with Crippen LogP contribution in [0.1, 0.15) is 57.9 Å². The molecule has 1 heterocycles. The summed E-state index contributed by atoms with van der Waals surface area (Å²) >= 11 is 0. The third-order valence-electron chi connectivity index (χ3n) is 4.13. The SMILES string of the molecule is CCCCCCC(C)NC(=O)NCc1ccc2c(c1)OCCCO2. The number of nitrogens with one attached hydrogen (secondary N) is 2. The Morgan fingerprint density at radius 2 is 1.96 bits per heavy atom. The minimum absolute atomic E-state index is 0.120. The van der Waals surface area contributed by atoms with Crippen molar-refractivity contribution in [1.82, 2.24) is 10.6 Å². The molecule has 2 amide bonds. The second kappa shape index (κ2) is 10.1. The van der Waals surface area contributed by atoms with Crippen LogP contribution in [0.15, 0.2) is 18.2 Å². The first kappa shape index (κ1) is 18.4. The molecule has 1 unspecified atom stereocenters. The van der Waals surface area contributed by atoms with Crippen LogP contribution in [0.4, 0.5) is 4.79 Å². The molecule has 0 spiro atoms. The average molecular weight is 334 g/mol. The predicted molar refractivity (Wildman–Crippen MR) is 95.6 cm³/mol. The highest BCUT2D eigenvalue weighted by atomic mass is 16.5. The van der Waals surface area contributed by atoms with Gasteiger partial charge in [0.1, 0.15) is 0 Å². The number of carbonyl (C=O) groups is 1. The van der Waals surface area contributed by atoms with Crippen LogP contribution < -0.4 is 20.1 Å². The van der Waals surface area contributed by atoms with Crippen LogP contribution in [0.2, 0.25) is 0 Å². The lowest BCUT2D eigenvalue weighted by molar-refractivity contribution is 0.236. The third kappa shape index (κ3) is 6.30. The number of hydrogen-bond donors (Lipinski definition) is 2. The molecule has 0 saturated carbocycles. The summed E-state index contributed by atoms with van der Waals surface area (Å²) in [5.74, 6) is 1.54. The van der Waals surface area contributed by atoms with Crippen molar-refractivity contribution < 1.29 is 14.3 Å². The van der Waals surface area contributed by atoms with Crippen molar-refractivity contribution in [3.63, 3.8) is 0 Å². The van der Waals surface area contributed by atoms with E-state index in [2.05, 4.69) is 24.5 Å². The largest absolute Gasteiger partial charge is 0.490 e. The van der Waals surface area contributed by atoms with E-state index in [1.54, 1.807) is 0 Å². The molecule has 1 aromatic carbocycles. The predicted octanol–water partition coefficient (Wildman–Crippen LogP) is 4.01. The van der Waals surface area contributed by atoms with Crippen molar-refractivity contribution in [1.29, 1.82) is 0 Å². The van der Waals surface area contributed by atoms with Gasteiger partial charge in [-0.15, -0.1) is 0 Å². The van der Waals surface area contributed by atoms with Crippen LogP contribution in [0.5, 0.6) is 11.5 Å². The summed E-state index contributed by atoms with van der Waals surface area (Å²) in [7, 11) is 0. The molecule has 1 atom stereocenters. The van der Waals surface area contributed by atoms with Crippen LogP contribution in [0.3, 0.4) is 0 Å². The summed E-state index contributed by atoms with van der Waals surface area (Å²) in [5, 5.41) is 5.90. The summed E-state index contributed by atoms with van der Waals surface area (Å²) in [6, 6.07) is 5.89. The fourth-order valence-corrected chi connectivity index (χ4v) is 2.72. The Morgan fingerprint density at radius 3 is 2.75 bits per heavy atom. The highest BCUT2D eigenvalue weighted by Crippen LogP contribution is 2.30. The Labute approximate surface area is 145 Å². The molecule has 0 saturated heterocycles. The summed E-state index contributed by atoms with van der Waals surface area (Å²) in [5.41, 5.74) is 1.00. The van der Waals surface area contributed by atoms with E-state index in [4.69, 9.17) is 9.47 Å². The van der Waals surface area contributed by atoms with Crippen LogP contribution >= 0.6 is 0 Å². The first-order chi connectivity index (χ1) is 11.7. The molecule has 1 aliphatic rings. The Bertz CT molecular complexity index is 519. The van der Waals surface area contributed by atoms with Crippen molar-refractivity contribution >= 4 is 6.03 Å². The Kier molecular flexibility index (Phi) is 7.72. The fraction of sp³-hybridized carbons (Fsp3) is 0.632. The standard InChI is InChI=1S/C19H30N2O3/c1-3-4-5-6-8-15(2)21-19(22)20-14-16-9-10-17-18(13-16)24-12-7-11-23-17/h9-10,13,15H,3-8,11-12,14H2,1-2H3,(H2,20,21,22). The summed E-state index contributed by atoms with van der Waals surface area (Å²) in [4.78, 5) is 12.0. The van der Waals surface area contributed by atoms with Gasteiger partial charge in [0.25, 0.3) is 0 Å². The van der Waals surface area contributed by atoms with E-state index in [0.29, 0.717) is 19.8 Å². The summed E-state index contributed by atoms with van der Waals surface area (Å²) in [6.45, 7) is 6.09. The topological polar surface area (TPSA) is 59.6 Å². The number of amides is 2. The number of rotatable bonds is 8. The highest BCUT2D eigenvalue weighted by Gasteiger charge is 2.11. The second-order valence-electron chi connectivity index (χ2n) is 6.41. The maximum absolute atomic E-state index is 12.0. The Hall–Kier alpha value is -1.91. The van der Waals surface area contributed by atoms with Gasteiger partial charge in [-0.3, -0.25) is 0 Å². The molecule has 0 aromatic heterocycles. The lowest BCUT2D eigenvalue weighted by Gasteiger charge is -2.15. The van der Waals surface area contributed by atoms with Crippen LogP contribution in [-0.4, -0.2) is 25.3 Å². The average Bonchev–Trinajstić information content (AvgIpc) is 2.81. The monoisotopic (exact) mass is 334 g/mol. The van der Waals surface area contributed by atoms with Crippen molar-refractivity contribution in [2.75, 3.05) is 13.2 Å². The number of ether oxygens (including phenoxy) is 2. The Morgan fingerprint density at radius 1 is 1.17 bits per heavy atom. The number of fused-ring (bicyclic) bond motifs is 1. The maximum atomic E-state index is 12.0. The number of urea groups is 1. The van der Waals surface area contributed by atoms with Crippen LogP contribution in [0, 0.1) is 0 Å². The van der Waals surface area contributed by atoms with E-state index in [1.807, 2.05) is 18.2 Å².